The molecule has 0 heterocycles. The van der Waals surface area contributed by atoms with E-state index in [1.54, 1.807) is 0 Å². The van der Waals surface area contributed by atoms with Crippen LogP contribution in [0.15, 0.2) is 24.3 Å². The van der Waals surface area contributed by atoms with Crippen molar-refractivity contribution in [2.45, 2.75) is 92.6 Å². The molecule has 2 atom stereocenters. The summed E-state index contributed by atoms with van der Waals surface area (Å²) in [5, 5.41) is 0. The Hall–Kier alpha value is -0.940. The first-order valence-corrected chi connectivity index (χ1v) is 9.59. The zero-order valence-electron chi connectivity index (χ0n) is 18.3. The molecule has 0 amide bonds. The zero-order valence-corrected chi connectivity index (χ0v) is 18.3. The van der Waals surface area contributed by atoms with Gasteiger partial charge in [-0.2, -0.15) is 0 Å². The second kappa shape index (κ2) is 9.32. The Balaban J connectivity index is 3.18. The van der Waals surface area contributed by atoms with Gasteiger partial charge in [0.1, 0.15) is 12.2 Å². The Kier molecular flexibility index (Phi) is 8.28. The van der Waals surface area contributed by atoms with Crippen LogP contribution in [0.4, 0.5) is 0 Å². The van der Waals surface area contributed by atoms with E-state index in [4.69, 9.17) is 19.6 Å². The van der Waals surface area contributed by atoms with E-state index in [2.05, 4.69) is 39.8 Å². The van der Waals surface area contributed by atoms with Crippen molar-refractivity contribution >= 4 is 0 Å². The molecule has 4 heteroatoms. The van der Waals surface area contributed by atoms with Gasteiger partial charge < -0.3 is 0 Å². The third-order valence-corrected chi connectivity index (χ3v) is 3.62. The minimum Gasteiger partial charge on any atom is -0.230 e. The van der Waals surface area contributed by atoms with Crippen molar-refractivity contribution in [3.05, 3.63) is 35.4 Å². The second-order valence-corrected chi connectivity index (χ2v) is 9.54. The highest BCUT2D eigenvalue weighted by molar-refractivity contribution is 5.32. The Morgan fingerprint density at radius 1 is 0.615 bits per heavy atom. The average Bonchev–Trinajstić information content (AvgIpc) is 2.45. The molecule has 0 fully saturated rings. The molecule has 0 bridgehead atoms. The number of rotatable bonds is 8. The van der Waals surface area contributed by atoms with Crippen molar-refractivity contribution < 1.29 is 19.6 Å². The first kappa shape index (κ1) is 23.1. The van der Waals surface area contributed by atoms with Gasteiger partial charge in [-0.25, -0.2) is 19.6 Å². The Labute approximate surface area is 160 Å². The van der Waals surface area contributed by atoms with Crippen LogP contribution >= 0.6 is 0 Å². The average molecular weight is 367 g/mol. The summed E-state index contributed by atoms with van der Waals surface area (Å²) in [5.41, 5.74) is 1.41. The molecule has 0 N–H and O–H groups in total. The third-order valence-electron chi connectivity index (χ3n) is 3.62. The molecule has 0 spiro atoms. The summed E-state index contributed by atoms with van der Waals surface area (Å²) < 4.78 is 0. The second-order valence-electron chi connectivity index (χ2n) is 9.54. The largest absolute Gasteiger partial charge is 0.230 e. The molecule has 0 aromatic heterocycles. The maximum absolute atomic E-state index is 5.87. The summed E-state index contributed by atoms with van der Waals surface area (Å²) in [4.78, 5) is 23.0. The van der Waals surface area contributed by atoms with E-state index < -0.39 is 0 Å². The van der Waals surface area contributed by atoms with E-state index >= 15 is 0 Å². The van der Waals surface area contributed by atoms with Gasteiger partial charge >= 0.3 is 0 Å². The van der Waals surface area contributed by atoms with Crippen LogP contribution in [-0.2, 0) is 19.6 Å². The standard InChI is InChI=1S/C22H38O4/c1-15(2)19(23-25-21(5,6)7)17-13-11-12-14-18(17)20(16(3)4)24-26-22(8,9)10/h11-16,19-20H,1-10H3. The molecular weight excluding hydrogens is 328 g/mol. The zero-order chi connectivity index (χ0) is 20.1. The molecule has 150 valence electrons. The molecule has 1 rings (SSSR count). The van der Waals surface area contributed by atoms with Crippen molar-refractivity contribution in [2.24, 2.45) is 11.8 Å². The number of hydrogen-bond donors (Lipinski definition) is 0. The summed E-state index contributed by atoms with van der Waals surface area (Å²) in [7, 11) is 0. The van der Waals surface area contributed by atoms with Gasteiger partial charge in [-0.15, -0.1) is 0 Å². The molecular formula is C22H38O4. The van der Waals surface area contributed by atoms with Crippen molar-refractivity contribution in [2.75, 3.05) is 0 Å². The van der Waals surface area contributed by atoms with Gasteiger partial charge in [-0.1, -0.05) is 52.0 Å². The fourth-order valence-electron chi connectivity index (χ4n) is 2.47. The highest BCUT2D eigenvalue weighted by atomic mass is 17.2. The van der Waals surface area contributed by atoms with Crippen LogP contribution in [0.1, 0.15) is 92.6 Å². The van der Waals surface area contributed by atoms with E-state index in [9.17, 15) is 0 Å². The number of benzene rings is 1. The lowest BCUT2D eigenvalue weighted by Crippen LogP contribution is -2.26. The van der Waals surface area contributed by atoms with Crippen LogP contribution in [0.2, 0.25) is 0 Å². The molecule has 26 heavy (non-hydrogen) atoms. The minimum atomic E-state index is -0.370. The van der Waals surface area contributed by atoms with Crippen LogP contribution in [0.25, 0.3) is 0 Å². The normalized spacial score (nSPS) is 15.5. The topological polar surface area (TPSA) is 36.9 Å². The van der Waals surface area contributed by atoms with Crippen LogP contribution in [0.3, 0.4) is 0 Å². The third kappa shape index (κ3) is 7.75. The number of hydrogen-bond acceptors (Lipinski definition) is 4. The van der Waals surface area contributed by atoms with E-state index in [-0.39, 0.29) is 35.2 Å². The van der Waals surface area contributed by atoms with E-state index in [1.807, 2.05) is 53.7 Å². The summed E-state index contributed by atoms with van der Waals surface area (Å²) in [6.45, 7) is 20.4. The summed E-state index contributed by atoms with van der Waals surface area (Å²) in [6, 6.07) is 8.22. The van der Waals surface area contributed by atoms with Crippen molar-refractivity contribution in [3.63, 3.8) is 0 Å². The molecule has 0 aliphatic rings. The van der Waals surface area contributed by atoms with Crippen molar-refractivity contribution in [1.29, 1.82) is 0 Å². The fourth-order valence-corrected chi connectivity index (χ4v) is 2.47. The highest BCUT2D eigenvalue weighted by Gasteiger charge is 2.29. The van der Waals surface area contributed by atoms with Gasteiger partial charge in [0.2, 0.25) is 0 Å². The fraction of sp³-hybridized carbons (Fsp3) is 0.727. The predicted octanol–water partition coefficient (Wildman–Crippen LogP) is 6.57. The van der Waals surface area contributed by atoms with Gasteiger partial charge in [0.05, 0.1) is 11.2 Å². The Morgan fingerprint density at radius 2 is 0.923 bits per heavy atom. The molecule has 0 aliphatic carbocycles. The predicted molar refractivity (Wildman–Crippen MR) is 105 cm³/mol. The maximum atomic E-state index is 5.87. The van der Waals surface area contributed by atoms with Crippen LogP contribution < -0.4 is 0 Å². The van der Waals surface area contributed by atoms with Gasteiger partial charge in [0, 0.05) is 0 Å². The van der Waals surface area contributed by atoms with E-state index in [0.29, 0.717) is 0 Å². The van der Waals surface area contributed by atoms with Gasteiger partial charge in [-0.3, -0.25) is 0 Å². The Bertz CT molecular complexity index is 489. The highest BCUT2D eigenvalue weighted by Crippen LogP contribution is 2.37. The van der Waals surface area contributed by atoms with Crippen molar-refractivity contribution in [1.82, 2.24) is 0 Å². The molecule has 2 unspecified atom stereocenters. The monoisotopic (exact) mass is 366 g/mol. The maximum Gasteiger partial charge on any atom is 0.121 e. The van der Waals surface area contributed by atoms with Crippen LogP contribution in [0, 0.1) is 11.8 Å². The quantitative estimate of drug-likeness (QED) is 0.385. The van der Waals surface area contributed by atoms with Crippen LogP contribution in [-0.4, -0.2) is 11.2 Å². The molecule has 0 radical (unpaired) electrons. The minimum absolute atomic E-state index is 0.190. The summed E-state index contributed by atoms with van der Waals surface area (Å²) >= 11 is 0. The van der Waals surface area contributed by atoms with Gasteiger partial charge in [0.25, 0.3) is 0 Å². The first-order valence-electron chi connectivity index (χ1n) is 9.59. The van der Waals surface area contributed by atoms with Gasteiger partial charge in [0.15, 0.2) is 0 Å². The summed E-state index contributed by atoms with van der Waals surface area (Å²) in [5.74, 6) is 0.490. The molecule has 1 aromatic carbocycles. The van der Waals surface area contributed by atoms with E-state index in [1.165, 1.54) is 0 Å². The molecule has 0 saturated carbocycles. The molecule has 0 aliphatic heterocycles. The lowest BCUT2D eigenvalue weighted by molar-refractivity contribution is -0.387. The van der Waals surface area contributed by atoms with Crippen molar-refractivity contribution in [3.8, 4) is 0 Å². The lowest BCUT2D eigenvalue weighted by atomic mass is 9.89. The van der Waals surface area contributed by atoms with Gasteiger partial charge in [-0.05, 0) is 64.5 Å². The SMILES string of the molecule is CC(C)C(OOC(C)(C)C)c1ccccc1C(OOC(C)(C)C)C(C)C. The van der Waals surface area contributed by atoms with Crippen LogP contribution in [0.5, 0.6) is 0 Å². The Morgan fingerprint density at radius 3 is 1.15 bits per heavy atom. The smallest absolute Gasteiger partial charge is 0.121 e. The first-order chi connectivity index (χ1) is 11.8. The van der Waals surface area contributed by atoms with E-state index in [0.717, 1.165) is 11.1 Å². The molecule has 4 nitrogen and oxygen atoms in total. The lowest BCUT2D eigenvalue weighted by Gasteiger charge is -2.31. The molecule has 1 aromatic rings. The molecule has 0 saturated heterocycles. The summed E-state index contributed by atoms with van der Waals surface area (Å²) in [6.07, 6.45) is -0.380.